The molecule has 0 bridgehead atoms. The zero-order valence-electron chi connectivity index (χ0n) is 10.7. The summed E-state index contributed by atoms with van der Waals surface area (Å²) in [6, 6.07) is 0. The van der Waals surface area contributed by atoms with Gasteiger partial charge in [0, 0.05) is 0 Å². The van der Waals surface area contributed by atoms with E-state index >= 15 is 0 Å². The third-order valence-electron chi connectivity index (χ3n) is 3.36. The van der Waals surface area contributed by atoms with Crippen LogP contribution in [0.2, 0.25) is 0 Å². The van der Waals surface area contributed by atoms with Crippen LogP contribution in [0.25, 0.3) is 11.2 Å². The van der Waals surface area contributed by atoms with Gasteiger partial charge in [-0.25, -0.2) is 15.0 Å². The van der Waals surface area contributed by atoms with Gasteiger partial charge in [-0.3, -0.25) is 4.57 Å². The predicted molar refractivity (Wildman–Crippen MR) is 67.5 cm³/mol. The molecule has 20 heavy (non-hydrogen) atoms. The van der Waals surface area contributed by atoms with Gasteiger partial charge in [0.2, 0.25) is 0 Å². The van der Waals surface area contributed by atoms with E-state index in [2.05, 4.69) is 15.0 Å². The van der Waals surface area contributed by atoms with E-state index < -0.39 is 31.1 Å². The van der Waals surface area contributed by atoms with Crippen LogP contribution < -0.4 is 5.73 Å². The molecule has 1 saturated heterocycles. The van der Waals surface area contributed by atoms with Crippen molar-refractivity contribution < 1.29 is 20.1 Å². The highest BCUT2D eigenvalue weighted by atomic mass is 16.6. The number of imidazole rings is 1. The fraction of sp³-hybridized carbons (Fsp3) is 0.545. The molecular formula is C11H15N5O4. The summed E-state index contributed by atoms with van der Waals surface area (Å²) < 4.78 is 6.90. The van der Waals surface area contributed by atoms with E-state index in [0.717, 1.165) is 0 Å². The number of aryl methyl sites for hydroxylation is 1. The second-order valence-electron chi connectivity index (χ2n) is 4.71. The van der Waals surface area contributed by atoms with Gasteiger partial charge in [-0.1, -0.05) is 0 Å². The number of hydrogen-bond acceptors (Lipinski definition) is 8. The molecule has 4 atom stereocenters. The van der Waals surface area contributed by atoms with Crippen molar-refractivity contribution in [2.45, 2.75) is 31.5 Å². The van der Waals surface area contributed by atoms with Crippen molar-refractivity contribution in [1.82, 2.24) is 19.5 Å². The average molecular weight is 281 g/mol. The molecule has 1 aliphatic rings. The number of hydrogen-bond donors (Lipinski definition) is 4. The fourth-order valence-electron chi connectivity index (χ4n) is 2.39. The summed E-state index contributed by atoms with van der Waals surface area (Å²) in [6.07, 6.45) is -2.74. The van der Waals surface area contributed by atoms with Crippen molar-refractivity contribution in [1.29, 1.82) is 0 Å². The van der Waals surface area contributed by atoms with Gasteiger partial charge < -0.3 is 25.8 Å². The lowest BCUT2D eigenvalue weighted by atomic mass is 10.1. The second-order valence-corrected chi connectivity index (χ2v) is 4.71. The molecule has 0 saturated carbocycles. The molecule has 0 radical (unpaired) electrons. The smallest absolute Gasteiger partial charge is 0.183 e. The minimum absolute atomic E-state index is 0.211. The lowest BCUT2D eigenvalue weighted by Gasteiger charge is -2.17. The summed E-state index contributed by atoms with van der Waals surface area (Å²) in [5.74, 6) is 0.698. The molecule has 3 rings (SSSR count). The molecule has 0 amide bonds. The molecular weight excluding hydrogens is 266 g/mol. The maximum Gasteiger partial charge on any atom is 0.183 e. The van der Waals surface area contributed by atoms with Gasteiger partial charge in [-0.15, -0.1) is 0 Å². The van der Waals surface area contributed by atoms with E-state index in [1.165, 1.54) is 10.9 Å². The molecule has 9 nitrogen and oxygen atoms in total. The molecule has 0 unspecified atom stereocenters. The Labute approximate surface area is 113 Å². The summed E-state index contributed by atoms with van der Waals surface area (Å²) in [5, 5.41) is 28.9. The largest absolute Gasteiger partial charge is 0.394 e. The summed E-state index contributed by atoms with van der Waals surface area (Å²) in [6.45, 7) is 1.30. The van der Waals surface area contributed by atoms with Gasteiger partial charge in [-0.05, 0) is 6.92 Å². The molecule has 2 aromatic rings. The maximum atomic E-state index is 10.0. The molecule has 2 aromatic heterocycles. The van der Waals surface area contributed by atoms with E-state index in [4.69, 9.17) is 15.6 Å². The second kappa shape index (κ2) is 4.63. The number of fused-ring (bicyclic) bond motifs is 1. The Morgan fingerprint density at radius 3 is 2.75 bits per heavy atom. The van der Waals surface area contributed by atoms with Crippen molar-refractivity contribution >= 4 is 17.0 Å². The molecule has 0 spiro atoms. The van der Waals surface area contributed by atoms with Crippen LogP contribution in [-0.4, -0.2) is 59.8 Å². The van der Waals surface area contributed by atoms with Crippen molar-refractivity contribution in [3.8, 4) is 0 Å². The Balaban J connectivity index is 2.07. The molecule has 1 fully saturated rings. The first-order valence-electron chi connectivity index (χ1n) is 6.12. The van der Waals surface area contributed by atoms with Crippen LogP contribution >= 0.6 is 0 Å². The number of rotatable bonds is 2. The van der Waals surface area contributed by atoms with Crippen LogP contribution in [0, 0.1) is 6.92 Å². The zero-order valence-corrected chi connectivity index (χ0v) is 10.7. The molecule has 5 N–H and O–H groups in total. The van der Waals surface area contributed by atoms with Crippen LogP contribution in [0.15, 0.2) is 6.33 Å². The van der Waals surface area contributed by atoms with Crippen LogP contribution in [-0.2, 0) is 4.74 Å². The van der Waals surface area contributed by atoms with Crippen molar-refractivity contribution in [2.24, 2.45) is 0 Å². The number of aliphatic hydroxyl groups excluding tert-OH is 3. The van der Waals surface area contributed by atoms with Gasteiger partial charge >= 0.3 is 0 Å². The molecule has 3 heterocycles. The Kier molecular flexibility index (Phi) is 3.05. The van der Waals surface area contributed by atoms with E-state index in [0.29, 0.717) is 17.0 Å². The van der Waals surface area contributed by atoms with Crippen molar-refractivity contribution in [3.63, 3.8) is 0 Å². The van der Waals surface area contributed by atoms with E-state index in [1.54, 1.807) is 6.92 Å². The molecule has 1 aliphatic heterocycles. The van der Waals surface area contributed by atoms with Gasteiger partial charge in [0.25, 0.3) is 0 Å². The first-order valence-corrected chi connectivity index (χ1v) is 6.12. The van der Waals surface area contributed by atoms with Gasteiger partial charge in [0.05, 0.1) is 6.61 Å². The Hall–Kier alpha value is -1.81. The lowest BCUT2D eigenvalue weighted by molar-refractivity contribution is -0.0508. The third kappa shape index (κ3) is 1.83. The number of ether oxygens (including phenoxy) is 1. The summed E-state index contributed by atoms with van der Waals surface area (Å²) in [7, 11) is 0. The first kappa shape index (κ1) is 13.2. The molecule has 108 valence electrons. The molecule has 0 aromatic carbocycles. The molecule has 0 aliphatic carbocycles. The summed E-state index contributed by atoms with van der Waals surface area (Å²) in [5.41, 5.74) is 6.66. The maximum absolute atomic E-state index is 10.0. The minimum Gasteiger partial charge on any atom is -0.394 e. The van der Waals surface area contributed by atoms with Gasteiger partial charge in [0.1, 0.15) is 36.0 Å². The number of aliphatic hydroxyl groups is 3. The van der Waals surface area contributed by atoms with Crippen LogP contribution in [0.4, 0.5) is 5.82 Å². The fourth-order valence-corrected chi connectivity index (χ4v) is 2.39. The van der Waals surface area contributed by atoms with E-state index in [1.807, 2.05) is 0 Å². The summed E-state index contributed by atoms with van der Waals surface area (Å²) in [4.78, 5) is 12.3. The summed E-state index contributed by atoms with van der Waals surface area (Å²) >= 11 is 0. The van der Waals surface area contributed by atoms with Gasteiger partial charge in [-0.2, -0.15) is 0 Å². The number of aromatic nitrogens is 4. The Morgan fingerprint density at radius 1 is 1.35 bits per heavy atom. The molecule has 9 heteroatoms. The monoisotopic (exact) mass is 281 g/mol. The zero-order chi connectivity index (χ0) is 14.4. The quantitative estimate of drug-likeness (QED) is 0.512. The van der Waals surface area contributed by atoms with Crippen LogP contribution in [0.1, 0.15) is 12.1 Å². The normalized spacial score (nSPS) is 30.2. The SMILES string of the molecule is Cc1nc(N)c2c(ncn2[C@@H]2O[C@H](CO)[C@@H](O)[C@H]2O)n1. The first-order chi connectivity index (χ1) is 9.52. The van der Waals surface area contributed by atoms with Gasteiger partial charge in [0.15, 0.2) is 17.7 Å². The highest BCUT2D eigenvalue weighted by Gasteiger charge is 2.44. The number of nitrogens with two attached hydrogens (primary N) is 1. The predicted octanol–water partition coefficient (Wildman–Crippen LogP) is -1.67. The van der Waals surface area contributed by atoms with E-state index in [9.17, 15) is 10.2 Å². The Morgan fingerprint density at radius 2 is 2.10 bits per heavy atom. The van der Waals surface area contributed by atoms with Crippen molar-refractivity contribution in [3.05, 3.63) is 12.2 Å². The number of anilines is 1. The third-order valence-corrected chi connectivity index (χ3v) is 3.36. The number of nitrogens with zero attached hydrogens (tertiary/aromatic N) is 4. The van der Waals surface area contributed by atoms with Crippen LogP contribution in [0.5, 0.6) is 0 Å². The topological polar surface area (TPSA) is 140 Å². The van der Waals surface area contributed by atoms with E-state index in [-0.39, 0.29) is 5.82 Å². The van der Waals surface area contributed by atoms with Crippen LogP contribution in [0.3, 0.4) is 0 Å². The lowest BCUT2D eigenvalue weighted by Crippen LogP contribution is -2.33. The van der Waals surface area contributed by atoms with Crippen molar-refractivity contribution in [2.75, 3.05) is 12.3 Å². The Bertz CT molecular complexity index is 645. The highest BCUT2D eigenvalue weighted by Crippen LogP contribution is 2.32. The average Bonchev–Trinajstić information content (AvgIpc) is 2.93. The standard InChI is InChI=1S/C11H15N5O4/c1-4-14-9(12)6-10(15-4)13-3-16(6)11-8(19)7(18)5(2-17)20-11/h3,5,7-8,11,17-19H,2H2,1H3,(H2,12,14,15)/t5-,7-,8-,11-/m1/s1. The minimum atomic E-state index is -1.20. The highest BCUT2D eigenvalue weighted by molar-refractivity contribution is 5.81. The number of nitrogen functional groups attached to an aromatic ring is 1.